The van der Waals surface area contributed by atoms with E-state index in [1.165, 1.54) is 5.56 Å². The fourth-order valence-electron chi connectivity index (χ4n) is 3.72. The van der Waals surface area contributed by atoms with Gasteiger partial charge in [-0.15, -0.1) is 0 Å². The highest BCUT2D eigenvalue weighted by Crippen LogP contribution is 2.69. The van der Waals surface area contributed by atoms with Crippen LogP contribution in [-0.2, 0) is 6.42 Å². The third-order valence-corrected chi connectivity index (χ3v) is 5.73. The monoisotopic (exact) mass is 269 g/mol. The van der Waals surface area contributed by atoms with E-state index in [1.807, 2.05) is 6.20 Å². The van der Waals surface area contributed by atoms with Crippen LogP contribution in [0.25, 0.3) is 10.9 Å². The second kappa shape index (κ2) is 3.97. The Hall–Kier alpha value is -1.57. The number of carbonyl (C=O) groups excluding carboxylic acids is 1. The summed E-state index contributed by atoms with van der Waals surface area (Å²) < 4.78 is 0. The Bertz CT molecular complexity index is 677. The van der Waals surface area contributed by atoms with E-state index >= 15 is 0 Å². The van der Waals surface area contributed by atoms with Crippen molar-refractivity contribution in [1.82, 2.24) is 4.98 Å². The van der Waals surface area contributed by atoms with Crippen LogP contribution in [0.1, 0.15) is 50.5 Å². The molecule has 1 heterocycles. The topological polar surface area (TPSA) is 32.9 Å². The van der Waals surface area contributed by atoms with Crippen molar-refractivity contribution in [2.45, 2.75) is 41.0 Å². The normalized spacial score (nSPS) is 20.2. The second-order valence-corrected chi connectivity index (χ2v) is 7.14. The van der Waals surface area contributed by atoms with E-state index in [0.29, 0.717) is 5.78 Å². The molecule has 0 aliphatic heterocycles. The van der Waals surface area contributed by atoms with Gasteiger partial charge in [-0.2, -0.15) is 0 Å². The maximum atomic E-state index is 12.9. The minimum absolute atomic E-state index is 0.0933. The molecule has 1 aliphatic rings. The van der Waals surface area contributed by atoms with Crippen molar-refractivity contribution in [2.75, 3.05) is 0 Å². The molecule has 1 N–H and O–H groups in total. The minimum Gasteiger partial charge on any atom is -0.360 e. The number of carbonyl (C=O) groups is 1. The molecule has 3 rings (SSSR count). The molecule has 1 saturated carbocycles. The van der Waals surface area contributed by atoms with Crippen LogP contribution < -0.4 is 0 Å². The Balaban J connectivity index is 2.07. The Morgan fingerprint density at radius 3 is 2.40 bits per heavy atom. The summed E-state index contributed by atoms with van der Waals surface area (Å²) in [6.07, 6.45) is 2.88. The van der Waals surface area contributed by atoms with E-state index in [0.717, 1.165) is 22.9 Å². The molecule has 1 aliphatic carbocycles. The van der Waals surface area contributed by atoms with E-state index in [9.17, 15) is 4.79 Å². The van der Waals surface area contributed by atoms with Gasteiger partial charge in [-0.3, -0.25) is 4.79 Å². The van der Waals surface area contributed by atoms with Crippen molar-refractivity contribution in [3.05, 3.63) is 35.5 Å². The summed E-state index contributed by atoms with van der Waals surface area (Å²) in [4.78, 5) is 16.2. The zero-order valence-electron chi connectivity index (χ0n) is 13.0. The minimum atomic E-state index is 0.0933. The van der Waals surface area contributed by atoms with Crippen LogP contribution in [0.5, 0.6) is 0 Å². The molecule has 106 valence electrons. The van der Waals surface area contributed by atoms with Gasteiger partial charge in [-0.05, 0) is 22.8 Å². The third-order valence-electron chi connectivity index (χ3n) is 5.73. The van der Waals surface area contributed by atoms with Crippen LogP contribution in [0.4, 0.5) is 0 Å². The third kappa shape index (κ3) is 1.54. The Morgan fingerprint density at radius 1 is 1.20 bits per heavy atom. The molecule has 1 aromatic heterocycles. The molecule has 0 amide bonds. The first kappa shape index (κ1) is 13.4. The SMILES string of the molecule is CCc1cccc2c(C(=O)C3C(C)(C)C3(C)C)c[nH]c12. The lowest BCUT2D eigenvalue weighted by molar-refractivity contribution is 0.0947. The van der Waals surface area contributed by atoms with Gasteiger partial charge in [-0.25, -0.2) is 0 Å². The Kier molecular flexibility index (Phi) is 2.66. The molecule has 0 spiro atoms. The predicted octanol–water partition coefficient (Wildman–Crippen LogP) is 4.60. The second-order valence-electron chi connectivity index (χ2n) is 7.14. The summed E-state index contributed by atoms with van der Waals surface area (Å²) in [5, 5.41) is 1.08. The van der Waals surface area contributed by atoms with Crippen molar-refractivity contribution in [2.24, 2.45) is 16.7 Å². The van der Waals surface area contributed by atoms with Gasteiger partial charge in [0.2, 0.25) is 0 Å². The standard InChI is InChI=1S/C18H23NO/c1-6-11-8-7-9-12-13(10-19-14(11)12)15(20)16-17(2,3)18(16,4)5/h7-10,16,19H,6H2,1-5H3. The summed E-state index contributed by atoms with van der Waals surface area (Å²) >= 11 is 0. The van der Waals surface area contributed by atoms with Gasteiger partial charge in [0.1, 0.15) is 0 Å². The highest BCUT2D eigenvalue weighted by atomic mass is 16.1. The molecular formula is C18H23NO. The Morgan fingerprint density at radius 2 is 1.85 bits per heavy atom. The van der Waals surface area contributed by atoms with Crippen LogP contribution in [0.2, 0.25) is 0 Å². The fourth-order valence-corrected chi connectivity index (χ4v) is 3.72. The maximum absolute atomic E-state index is 12.9. The van der Waals surface area contributed by atoms with Gasteiger partial charge in [0.15, 0.2) is 5.78 Å². The van der Waals surface area contributed by atoms with Gasteiger partial charge in [-0.1, -0.05) is 52.8 Å². The molecule has 2 aromatic rings. The number of benzene rings is 1. The lowest BCUT2D eigenvalue weighted by Gasteiger charge is -2.03. The molecule has 0 radical (unpaired) electrons. The summed E-state index contributed by atoms with van der Waals surface area (Å²) in [6.45, 7) is 10.9. The van der Waals surface area contributed by atoms with Gasteiger partial charge in [0, 0.05) is 28.6 Å². The van der Waals surface area contributed by atoms with Crippen LogP contribution in [-0.4, -0.2) is 10.8 Å². The number of nitrogens with one attached hydrogen (secondary N) is 1. The molecule has 0 bridgehead atoms. The van der Waals surface area contributed by atoms with E-state index in [4.69, 9.17) is 0 Å². The first-order chi connectivity index (χ1) is 9.32. The maximum Gasteiger partial charge on any atom is 0.169 e. The summed E-state index contributed by atoms with van der Waals surface area (Å²) in [5.74, 6) is 0.416. The number of aryl methyl sites for hydroxylation is 1. The van der Waals surface area contributed by atoms with E-state index < -0.39 is 0 Å². The summed E-state index contributed by atoms with van der Waals surface area (Å²) in [6, 6.07) is 6.23. The number of hydrogen-bond acceptors (Lipinski definition) is 1. The molecule has 2 heteroatoms. The number of hydrogen-bond donors (Lipinski definition) is 1. The largest absolute Gasteiger partial charge is 0.360 e. The molecule has 0 saturated heterocycles. The number of H-pyrrole nitrogens is 1. The van der Waals surface area contributed by atoms with Gasteiger partial charge < -0.3 is 4.98 Å². The van der Waals surface area contributed by atoms with Crippen LogP contribution in [0.15, 0.2) is 24.4 Å². The van der Waals surface area contributed by atoms with E-state index in [1.54, 1.807) is 0 Å². The molecule has 2 nitrogen and oxygen atoms in total. The van der Waals surface area contributed by atoms with E-state index in [2.05, 4.69) is 57.8 Å². The molecule has 0 unspecified atom stereocenters. The van der Waals surface area contributed by atoms with Gasteiger partial charge in [0.05, 0.1) is 0 Å². The molecule has 0 atom stereocenters. The first-order valence-corrected chi connectivity index (χ1v) is 7.45. The van der Waals surface area contributed by atoms with Crippen molar-refractivity contribution < 1.29 is 4.79 Å². The average Bonchev–Trinajstić information content (AvgIpc) is 2.73. The van der Waals surface area contributed by atoms with Crippen molar-refractivity contribution >= 4 is 16.7 Å². The number of ketones is 1. The predicted molar refractivity (Wildman–Crippen MR) is 83.1 cm³/mol. The number of fused-ring (bicyclic) bond motifs is 1. The number of aromatic nitrogens is 1. The quantitative estimate of drug-likeness (QED) is 0.812. The average molecular weight is 269 g/mol. The zero-order chi connectivity index (χ0) is 14.7. The van der Waals surface area contributed by atoms with E-state index in [-0.39, 0.29) is 16.7 Å². The van der Waals surface area contributed by atoms with Gasteiger partial charge in [0.25, 0.3) is 0 Å². The molecular weight excluding hydrogens is 246 g/mol. The van der Waals surface area contributed by atoms with Crippen molar-refractivity contribution in [3.63, 3.8) is 0 Å². The molecule has 1 aromatic carbocycles. The van der Waals surface area contributed by atoms with Crippen molar-refractivity contribution in [3.8, 4) is 0 Å². The molecule has 20 heavy (non-hydrogen) atoms. The number of Topliss-reactive ketones (excluding diaryl/α,β-unsaturated/α-hetero) is 1. The Labute approximate surface area is 120 Å². The van der Waals surface area contributed by atoms with Gasteiger partial charge >= 0.3 is 0 Å². The summed E-state index contributed by atoms with van der Waals surface area (Å²) in [5.41, 5.74) is 3.44. The lowest BCUT2D eigenvalue weighted by Crippen LogP contribution is -2.06. The number of rotatable bonds is 3. The fraction of sp³-hybridized carbons (Fsp3) is 0.500. The highest BCUT2D eigenvalue weighted by Gasteiger charge is 2.68. The van der Waals surface area contributed by atoms with Crippen LogP contribution >= 0.6 is 0 Å². The summed E-state index contributed by atoms with van der Waals surface area (Å²) in [7, 11) is 0. The molecule has 1 fully saturated rings. The highest BCUT2D eigenvalue weighted by molar-refractivity contribution is 6.11. The van der Waals surface area contributed by atoms with Crippen LogP contribution in [0, 0.1) is 16.7 Å². The van der Waals surface area contributed by atoms with Crippen molar-refractivity contribution in [1.29, 1.82) is 0 Å². The van der Waals surface area contributed by atoms with Crippen LogP contribution in [0.3, 0.4) is 0 Å². The zero-order valence-corrected chi connectivity index (χ0v) is 13.0. The lowest BCUT2D eigenvalue weighted by atomic mass is 9.99. The number of para-hydroxylation sites is 1. The smallest absolute Gasteiger partial charge is 0.169 e. The first-order valence-electron chi connectivity index (χ1n) is 7.45. The number of aromatic amines is 1.